The first-order chi connectivity index (χ1) is 6.97. The maximum absolute atomic E-state index is 13.3. The second kappa shape index (κ2) is 4.27. The van der Waals surface area contributed by atoms with Gasteiger partial charge in [-0.15, -0.1) is 0 Å². The molecule has 1 rings (SSSR count). The minimum Gasteiger partial charge on any atom is -0.465 e. The molecule has 0 aliphatic rings. The van der Waals surface area contributed by atoms with Crippen molar-refractivity contribution in [1.82, 2.24) is 0 Å². The van der Waals surface area contributed by atoms with E-state index in [1.165, 1.54) is 0 Å². The number of amides is 1. The summed E-state index contributed by atoms with van der Waals surface area (Å²) in [5.41, 5.74) is 4.41. The predicted octanol–water partition coefficient (Wildman–Crippen LogP) is 1.36. The predicted molar refractivity (Wildman–Crippen MR) is 51.3 cm³/mol. The molecule has 0 saturated carbocycles. The fourth-order valence-corrected chi connectivity index (χ4v) is 1.30. The molecule has 0 spiro atoms. The summed E-state index contributed by atoms with van der Waals surface area (Å²) >= 11 is 5.60. The van der Waals surface area contributed by atoms with Gasteiger partial charge in [-0.1, -0.05) is 11.6 Å². The van der Waals surface area contributed by atoms with Crippen molar-refractivity contribution in [2.75, 3.05) is 7.11 Å². The van der Waals surface area contributed by atoms with Crippen molar-refractivity contribution in [3.8, 4) is 0 Å². The van der Waals surface area contributed by atoms with Crippen LogP contribution in [-0.4, -0.2) is 19.0 Å². The molecule has 0 atom stereocenters. The minimum atomic E-state index is -0.942. The first kappa shape index (κ1) is 11.5. The second-order valence-electron chi connectivity index (χ2n) is 2.67. The topological polar surface area (TPSA) is 69.4 Å². The van der Waals surface area contributed by atoms with Gasteiger partial charge in [-0.3, -0.25) is 4.79 Å². The Kier molecular flexibility index (Phi) is 3.26. The summed E-state index contributed by atoms with van der Waals surface area (Å²) in [7, 11) is 1.10. The van der Waals surface area contributed by atoms with Gasteiger partial charge in [0, 0.05) is 5.56 Å². The van der Waals surface area contributed by atoms with Crippen molar-refractivity contribution in [2.45, 2.75) is 0 Å². The maximum Gasteiger partial charge on any atom is 0.342 e. The Morgan fingerprint density at radius 3 is 2.47 bits per heavy atom. The highest BCUT2D eigenvalue weighted by molar-refractivity contribution is 6.34. The maximum atomic E-state index is 13.3. The van der Waals surface area contributed by atoms with Gasteiger partial charge in [0.05, 0.1) is 12.1 Å². The van der Waals surface area contributed by atoms with Crippen LogP contribution in [0.15, 0.2) is 12.1 Å². The summed E-state index contributed by atoms with van der Waals surface area (Å²) in [5, 5.41) is -0.212. The zero-order valence-electron chi connectivity index (χ0n) is 7.71. The van der Waals surface area contributed by atoms with Gasteiger partial charge >= 0.3 is 5.97 Å². The molecule has 80 valence electrons. The first-order valence-electron chi connectivity index (χ1n) is 3.84. The zero-order valence-corrected chi connectivity index (χ0v) is 8.47. The fourth-order valence-electron chi connectivity index (χ4n) is 1.01. The number of hydrogen-bond acceptors (Lipinski definition) is 3. The van der Waals surface area contributed by atoms with Crippen LogP contribution >= 0.6 is 11.6 Å². The van der Waals surface area contributed by atoms with E-state index in [0.717, 1.165) is 19.2 Å². The number of primary amides is 1. The van der Waals surface area contributed by atoms with Gasteiger partial charge in [0.2, 0.25) is 5.91 Å². The van der Waals surface area contributed by atoms with E-state index >= 15 is 0 Å². The number of esters is 1. The molecule has 1 amide bonds. The lowest BCUT2D eigenvalue weighted by Crippen LogP contribution is -2.13. The number of benzene rings is 1. The lowest BCUT2D eigenvalue weighted by atomic mass is 10.1. The van der Waals surface area contributed by atoms with E-state index < -0.39 is 23.3 Å². The summed E-state index contributed by atoms with van der Waals surface area (Å²) in [5.74, 6) is -2.68. The molecular formula is C9H7ClFNO3. The molecule has 15 heavy (non-hydrogen) atoms. The number of methoxy groups -OCH3 is 1. The zero-order chi connectivity index (χ0) is 11.6. The van der Waals surface area contributed by atoms with Crippen molar-refractivity contribution in [1.29, 1.82) is 0 Å². The number of ether oxygens (including phenoxy) is 1. The van der Waals surface area contributed by atoms with E-state index in [-0.39, 0.29) is 10.6 Å². The molecule has 0 heterocycles. The molecule has 0 fully saturated rings. The van der Waals surface area contributed by atoms with Crippen LogP contribution in [0.1, 0.15) is 20.7 Å². The molecular weight excluding hydrogens is 225 g/mol. The van der Waals surface area contributed by atoms with Crippen LogP contribution in [-0.2, 0) is 4.74 Å². The number of carbonyl (C=O) groups is 2. The molecule has 2 N–H and O–H groups in total. The molecule has 6 heteroatoms. The van der Waals surface area contributed by atoms with Gasteiger partial charge in [-0.05, 0) is 12.1 Å². The van der Waals surface area contributed by atoms with Gasteiger partial charge in [0.25, 0.3) is 0 Å². The van der Waals surface area contributed by atoms with Crippen molar-refractivity contribution < 1.29 is 18.7 Å². The number of carbonyl (C=O) groups excluding carboxylic acids is 2. The van der Waals surface area contributed by atoms with Gasteiger partial charge in [0.15, 0.2) is 0 Å². The third kappa shape index (κ3) is 2.24. The molecule has 0 unspecified atom stereocenters. The summed E-state index contributed by atoms with van der Waals surface area (Å²) in [6.07, 6.45) is 0. The number of hydrogen-bond donors (Lipinski definition) is 1. The highest BCUT2D eigenvalue weighted by Gasteiger charge is 2.19. The third-order valence-electron chi connectivity index (χ3n) is 1.72. The molecule has 0 saturated heterocycles. The first-order valence-corrected chi connectivity index (χ1v) is 4.22. The molecule has 0 aromatic heterocycles. The van der Waals surface area contributed by atoms with Crippen molar-refractivity contribution in [3.05, 3.63) is 34.1 Å². The largest absolute Gasteiger partial charge is 0.465 e. The molecule has 1 aromatic carbocycles. The van der Waals surface area contributed by atoms with Crippen LogP contribution in [0.4, 0.5) is 4.39 Å². The summed E-state index contributed by atoms with van der Waals surface area (Å²) in [4.78, 5) is 21.8. The van der Waals surface area contributed by atoms with Crippen LogP contribution in [0.2, 0.25) is 5.02 Å². The molecule has 0 aliphatic heterocycles. The fraction of sp³-hybridized carbons (Fsp3) is 0.111. The monoisotopic (exact) mass is 231 g/mol. The average molecular weight is 232 g/mol. The standard InChI is InChI=1S/C9H7ClFNO3/c1-15-9(14)7-5(10)2-4(8(12)13)3-6(7)11/h2-3H,1H3,(H2,12,13). The Hall–Kier alpha value is -1.62. The van der Waals surface area contributed by atoms with Crippen molar-refractivity contribution >= 4 is 23.5 Å². The van der Waals surface area contributed by atoms with Gasteiger partial charge in [-0.25, -0.2) is 9.18 Å². The van der Waals surface area contributed by atoms with Gasteiger partial charge in [-0.2, -0.15) is 0 Å². The Balaban J connectivity index is 3.33. The second-order valence-corrected chi connectivity index (χ2v) is 3.08. The van der Waals surface area contributed by atoms with Gasteiger partial charge < -0.3 is 10.5 Å². The van der Waals surface area contributed by atoms with Crippen LogP contribution in [0.5, 0.6) is 0 Å². The van der Waals surface area contributed by atoms with E-state index in [0.29, 0.717) is 0 Å². The summed E-state index contributed by atoms with van der Waals surface area (Å²) in [6, 6.07) is 1.94. The van der Waals surface area contributed by atoms with E-state index in [1.54, 1.807) is 0 Å². The SMILES string of the molecule is COC(=O)c1c(F)cc(C(N)=O)cc1Cl. The smallest absolute Gasteiger partial charge is 0.342 e. The Bertz CT molecular complexity index is 410. The molecule has 0 bridgehead atoms. The Morgan fingerprint density at radius 2 is 2.07 bits per heavy atom. The lowest BCUT2D eigenvalue weighted by molar-refractivity contribution is 0.0595. The third-order valence-corrected chi connectivity index (χ3v) is 2.01. The van der Waals surface area contributed by atoms with E-state index in [1.807, 2.05) is 0 Å². The number of halogens is 2. The number of rotatable bonds is 2. The highest BCUT2D eigenvalue weighted by atomic mass is 35.5. The number of nitrogens with two attached hydrogens (primary N) is 1. The van der Waals surface area contributed by atoms with E-state index in [9.17, 15) is 14.0 Å². The van der Waals surface area contributed by atoms with Crippen molar-refractivity contribution in [3.63, 3.8) is 0 Å². The quantitative estimate of drug-likeness (QED) is 0.782. The minimum absolute atomic E-state index is 0.106. The summed E-state index contributed by atoms with van der Waals surface area (Å²) in [6.45, 7) is 0. The van der Waals surface area contributed by atoms with Crippen molar-refractivity contribution in [2.24, 2.45) is 5.73 Å². The van der Waals surface area contributed by atoms with E-state index in [2.05, 4.69) is 4.74 Å². The molecule has 0 radical (unpaired) electrons. The highest BCUT2D eigenvalue weighted by Crippen LogP contribution is 2.22. The average Bonchev–Trinajstić information content (AvgIpc) is 2.16. The lowest BCUT2D eigenvalue weighted by Gasteiger charge is -2.05. The molecule has 4 nitrogen and oxygen atoms in total. The summed E-state index contributed by atoms with van der Waals surface area (Å²) < 4.78 is 17.6. The normalized spacial score (nSPS) is 9.80. The van der Waals surface area contributed by atoms with Crippen LogP contribution in [0, 0.1) is 5.82 Å². The molecule has 1 aromatic rings. The van der Waals surface area contributed by atoms with E-state index in [4.69, 9.17) is 17.3 Å². The van der Waals surface area contributed by atoms with Crippen LogP contribution < -0.4 is 5.73 Å². The van der Waals surface area contributed by atoms with Gasteiger partial charge in [0.1, 0.15) is 11.4 Å². The Labute approximate surface area is 89.8 Å². The molecule has 0 aliphatic carbocycles. The van der Waals surface area contributed by atoms with Crippen LogP contribution in [0.25, 0.3) is 0 Å². The Morgan fingerprint density at radius 1 is 1.47 bits per heavy atom. The van der Waals surface area contributed by atoms with Crippen LogP contribution in [0.3, 0.4) is 0 Å².